The number of benzene rings is 2. The Hall–Kier alpha value is -1.76. The third kappa shape index (κ3) is 2.63. The zero-order chi connectivity index (χ0) is 10.4. The third-order valence-corrected chi connectivity index (χ3v) is 1.77. The van der Waals surface area contributed by atoms with Crippen LogP contribution in [0.3, 0.4) is 0 Å². The molecule has 2 aromatic carbocycles. The largest absolute Gasteiger partial charge is 0.399 e. The Bertz CT molecular complexity index is 418. The van der Waals surface area contributed by atoms with Crippen molar-refractivity contribution in [2.75, 3.05) is 5.73 Å². The van der Waals surface area contributed by atoms with Gasteiger partial charge in [-0.1, -0.05) is 36.4 Å². The maximum absolute atomic E-state index is 5.62. The Labute approximate surface area is 84.9 Å². The fourth-order valence-corrected chi connectivity index (χ4v) is 1.21. The number of nitrogen functional groups attached to an aromatic ring is 1. The van der Waals surface area contributed by atoms with Gasteiger partial charge in [-0.25, -0.2) is 0 Å². The molecule has 1 heteroatoms. The van der Waals surface area contributed by atoms with Crippen LogP contribution in [0.1, 0.15) is 6.92 Å². The van der Waals surface area contributed by atoms with Crippen LogP contribution in [-0.4, -0.2) is 0 Å². The summed E-state index contributed by atoms with van der Waals surface area (Å²) in [7, 11) is 0. The molecule has 0 atom stereocenters. The molecule has 0 aliphatic rings. The molecule has 14 heavy (non-hydrogen) atoms. The Morgan fingerprint density at radius 3 is 2.29 bits per heavy atom. The van der Waals surface area contributed by atoms with Crippen LogP contribution in [0, 0.1) is 0 Å². The van der Waals surface area contributed by atoms with Gasteiger partial charge in [-0.2, -0.15) is 0 Å². The second-order valence-corrected chi connectivity index (χ2v) is 3.01. The van der Waals surface area contributed by atoms with Gasteiger partial charge < -0.3 is 5.73 Å². The van der Waals surface area contributed by atoms with E-state index in [1.807, 2.05) is 37.3 Å². The number of allylic oxidation sites excluding steroid dienone is 1. The lowest BCUT2D eigenvalue weighted by molar-refractivity contribution is 1.73. The van der Waals surface area contributed by atoms with Gasteiger partial charge in [0, 0.05) is 5.69 Å². The van der Waals surface area contributed by atoms with Crippen LogP contribution in [0.5, 0.6) is 0 Å². The predicted octanol–water partition coefficient (Wildman–Crippen LogP) is 3.61. The quantitative estimate of drug-likeness (QED) is 0.492. The zero-order valence-electron chi connectivity index (χ0n) is 8.40. The van der Waals surface area contributed by atoms with Gasteiger partial charge in [0.05, 0.1) is 0 Å². The summed E-state index contributed by atoms with van der Waals surface area (Å²) in [5.41, 5.74) is 6.45. The Morgan fingerprint density at radius 1 is 1.07 bits per heavy atom. The molecule has 0 heterocycles. The minimum Gasteiger partial charge on any atom is -0.399 e. The average Bonchev–Trinajstić information content (AvgIpc) is 2.19. The van der Waals surface area contributed by atoms with E-state index in [0.717, 1.165) is 5.69 Å². The lowest BCUT2D eigenvalue weighted by atomic mass is 10.1. The van der Waals surface area contributed by atoms with E-state index in [2.05, 4.69) is 18.7 Å². The van der Waals surface area contributed by atoms with E-state index in [1.165, 1.54) is 10.8 Å². The predicted molar refractivity (Wildman–Crippen MR) is 64.2 cm³/mol. The number of rotatable bonds is 0. The molecule has 1 nitrogen and oxygen atoms in total. The molecule has 0 saturated carbocycles. The highest BCUT2D eigenvalue weighted by atomic mass is 14.5. The van der Waals surface area contributed by atoms with E-state index in [-0.39, 0.29) is 0 Å². The maximum atomic E-state index is 5.62. The third-order valence-electron chi connectivity index (χ3n) is 1.77. The molecule has 0 aromatic heterocycles. The molecule has 0 fully saturated rings. The summed E-state index contributed by atoms with van der Waals surface area (Å²) in [4.78, 5) is 0. The van der Waals surface area contributed by atoms with Crippen molar-refractivity contribution in [3.63, 3.8) is 0 Å². The molecule has 0 radical (unpaired) electrons. The van der Waals surface area contributed by atoms with Gasteiger partial charge >= 0.3 is 0 Å². The van der Waals surface area contributed by atoms with Crippen molar-refractivity contribution >= 4 is 16.5 Å². The normalized spacial score (nSPS) is 8.93. The molecule has 0 aliphatic carbocycles. The van der Waals surface area contributed by atoms with Crippen molar-refractivity contribution in [1.29, 1.82) is 0 Å². The topological polar surface area (TPSA) is 26.0 Å². The van der Waals surface area contributed by atoms with Crippen molar-refractivity contribution in [3.05, 3.63) is 55.1 Å². The molecule has 0 amide bonds. The lowest BCUT2D eigenvalue weighted by Crippen LogP contribution is -1.82. The first-order valence-corrected chi connectivity index (χ1v) is 4.59. The molecule has 0 bridgehead atoms. The summed E-state index contributed by atoms with van der Waals surface area (Å²) in [5.74, 6) is 0. The molecular formula is C13H15N. The second kappa shape index (κ2) is 5.07. The summed E-state index contributed by atoms with van der Waals surface area (Å²) < 4.78 is 0. The highest BCUT2D eigenvalue weighted by molar-refractivity contribution is 5.85. The minimum absolute atomic E-state index is 0.823. The molecule has 72 valence electrons. The first-order valence-electron chi connectivity index (χ1n) is 4.59. The number of anilines is 1. The first-order chi connectivity index (χ1) is 6.77. The SMILES string of the molecule is C=CC.Nc1ccc2ccccc2c1. The van der Waals surface area contributed by atoms with Crippen molar-refractivity contribution in [2.45, 2.75) is 6.92 Å². The smallest absolute Gasteiger partial charge is 0.0320 e. The Morgan fingerprint density at radius 2 is 1.64 bits per heavy atom. The highest BCUT2D eigenvalue weighted by Crippen LogP contribution is 2.15. The molecule has 0 saturated heterocycles. The van der Waals surface area contributed by atoms with Gasteiger partial charge in [0.2, 0.25) is 0 Å². The summed E-state index contributed by atoms with van der Waals surface area (Å²) in [6.45, 7) is 5.25. The maximum Gasteiger partial charge on any atom is 0.0320 e. The monoisotopic (exact) mass is 185 g/mol. The molecule has 2 aromatic rings. The van der Waals surface area contributed by atoms with Crippen LogP contribution >= 0.6 is 0 Å². The van der Waals surface area contributed by atoms with E-state index >= 15 is 0 Å². The van der Waals surface area contributed by atoms with Crippen molar-refractivity contribution in [2.24, 2.45) is 0 Å². The van der Waals surface area contributed by atoms with Gasteiger partial charge in [-0.05, 0) is 29.8 Å². The van der Waals surface area contributed by atoms with Gasteiger partial charge in [0.25, 0.3) is 0 Å². The van der Waals surface area contributed by atoms with E-state index in [9.17, 15) is 0 Å². The standard InChI is InChI=1S/C10H9N.C3H6/c11-10-6-5-8-3-1-2-4-9(8)7-10;1-3-2/h1-7H,11H2;3H,1H2,2H3. The first kappa shape index (κ1) is 10.3. The summed E-state index contributed by atoms with van der Waals surface area (Å²) in [5, 5.41) is 2.44. The van der Waals surface area contributed by atoms with Crippen LogP contribution in [-0.2, 0) is 0 Å². The van der Waals surface area contributed by atoms with Crippen LogP contribution in [0.25, 0.3) is 10.8 Å². The zero-order valence-corrected chi connectivity index (χ0v) is 8.40. The average molecular weight is 185 g/mol. The van der Waals surface area contributed by atoms with Crippen LogP contribution in [0.15, 0.2) is 55.1 Å². The van der Waals surface area contributed by atoms with E-state index in [1.54, 1.807) is 6.08 Å². The molecule has 2 N–H and O–H groups in total. The second-order valence-electron chi connectivity index (χ2n) is 3.01. The summed E-state index contributed by atoms with van der Waals surface area (Å²) >= 11 is 0. The van der Waals surface area contributed by atoms with Crippen molar-refractivity contribution in [1.82, 2.24) is 0 Å². The number of hydrogen-bond acceptors (Lipinski definition) is 1. The lowest BCUT2D eigenvalue weighted by Gasteiger charge is -1.96. The molecule has 0 spiro atoms. The van der Waals surface area contributed by atoms with Gasteiger partial charge in [0.15, 0.2) is 0 Å². The highest BCUT2D eigenvalue weighted by Gasteiger charge is 1.89. The van der Waals surface area contributed by atoms with Crippen molar-refractivity contribution in [3.8, 4) is 0 Å². The molecular weight excluding hydrogens is 170 g/mol. The number of hydrogen-bond donors (Lipinski definition) is 1. The van der Waals surface area contributed by atoms with E-state index < -0.39 is 0 Å². The molecule has 2 rings (SSSR count). The van der Waals surface area contributed by atoms with Crippen LogP contribution in [0.4, 0.5) is 5.69 Å². The van der Waals surface area contributed by atoms with Crippen LogP contribution in [0.2, 0.25) is 0 Å². The summed E-state index contributed by atoms with van der Waals surface area (Å²) in [6, 6.07) is 14.1. The van der Waals surface area contributed by atoms with Crippen molar-refractivity contribution < 1.29 is 0 Å². The fraction of sp³-hybridized carbons (Fsp3) is 0.0769. The van der Waals surface area contributed by atoms with E-state index in [4.69, 9.17) is 5.73 Å². The molecule has 0 aliphatic heterocycles. The Kier molecular flexibility index (Phi) is 3.74. The van der Waals surface area contributed by atoms with Gasteiger partial charge in [-0.3, -0.25) is 0 Å². The molecule has 0 unspecified atom stereocenters. The Balaban J connectivity index is 0.000000293. The number of fused-ring (bicyclic) bond motifs is 1. The summed E-state index contributed by atoms with van der Waals surface area (Å²) in [6.07, 6.45) is 1.75. The van der Waals surface area contributed by atoms with Gasteiger partial charge in [-0.15, -0.1) is 6.58 Å². The van der Waals surface area contributed by atoms with E-state index in [0.29, 0.717) is 0 Å². The minimum atomic E-state index is 0.823. The van der Waals surface area contributed by atoms with Gasteiger partial charge in [0.1, 0.15) is 0 Å². The van der Waals surface area contributed by atoms with Crippen LogP contribution < -0.4 is 5.73 Å². The number of nitrogens with two attached hydrogens (primary N) is 1. The fourth-order valence-electron chi connectivity index (χ4n) is 1.21.